The van der Waals surface area contributed by atoms with E-state index in [0.717, 1.165) is 12.8 Å². The van der Waals surface area contributed by atoms with Crippen LogP contribution in [0.2, 0.25) is 0 Å². The van der Waals surface area contributed by atoms with Crippen LogP contribution < -0.4 is 0 Å². The predicted molar refractivity (Wildman–Crippen MR) is 48.9 cm³/mol. The molecule has 0 atom stereocenters. The summed E-state index contributed by atoms with van der Waals surface area (Å²) in [7, 11) is 0. The minimum atomic E-state index is 0.478. The zero-order chi connectivity index (χ0) is 9.40. The average molecular weight is 172 g/mol. The van der Waals surface area contributed by atoms with Crippen LogP contribution in [0, 0.1) is 0 Å². The summed E-state index contributed by atoms with van der Waals surface area (Å²) in [5, 5.41) is 15.1. The standard InChI is InChI=1S/C8H16N2O2/c1-4-5-6-12-10-8(3)7(2)9-11/h11H,4-6H2,1-3H3/b9-7+,10-8+. The Morgan fingerprint density at radius 1 is 1.33 bits per heavy atom. The maximum Gasteiger partial charge on any atom is 0.117 e. The van der Waals surface area contributed by atoms with Crippen molar-refractivity contribution in [1.82, 2.24) is 0 Å². The van der Waals surface area contributed by atoms with Gasteiger partial charge in [-0.3, -0.25) is 0 Å². The van der Waals surface area contributed by atoms with Crippen molar-refractivity contribution in [2.75, 3.05) is 6.61 Å². The van der Waals surface area contributed by atoms with E-state index < -0.39 is 0 Å². The molecule has 0 spiro atoms. The van der Waals surface area contributed by atoms with Crippen LogP contribution in [-0.2, 0) is 4.84 Å². The van der Waals surface area contributed by atoms with Gasteiger partial charge in [0.25, 0.3) is 0 Å². The third-order valence-electron chi connectivity index (χ3n) is 1.46. The van der Waals surface area contributed by atoms with E-state index in [-0.39, 0.29) is 0 Å². The van der Waals surface area contributed by atoms with Crippen molar-refractivity contribution in [2.24, 2.45) is 10.3 Å². The normalized spacial score (nSPS) is 13.2. The van der Waals surface area contributed by atoms with Crippen LogP contribution in [0.15, 0.2) is 10.3 Å². The van der Waals surface area contributed by atoms with Crippen LogP contribution in [-0.4, -0.2) is 23.2 Å². The minimum Gasteiger partial charge on any atom is -0.411 e. The van der Waals surface area contributed by atoms with Crippen molar-refractivity contribution >= 4 is 11.4 Å². The molecule has 0 unspecified atom stereocenters. The molecule has 0 rings (SSSR count). The lowest BCUT2D eigenvalue weighted by Crippen LogP contribution is -2.06. The first-order valence-electron chi connectivity index (χ1n) is 4.08. The summed E-state index contributed by atoms with van der Waals surface area (Å²) >= 11 is 0. The van der Waals surface area contributed by atoms with Crippen molar-refractivity contribution in [3.8, 4) is 0 Å². The van der Waals surface area contributed by atoms with E-state index >= 15 is 0 Å². The van der Waals surface area contributed by atoms with Crippen molar-refractivity contribution in [2.45, 2.75) is 33.6 Å². The van der Waals surface area contributed by atoms with Crippen LogP contribution in [0.1, 0.15) is 33.6 Å². The lowest BCUT2D eigenvalue weighted by atomic mass is 10.3. The maximum absolute atomic E-state index is 8.36. The molecule has 1 N–H and O–H groups in total. The Morgan fingerprint density at radius 3 is 2.50 bits per heavy atom. The van der Waals surface area contributed by atoms with Gasteiger partial charge in [-0.15, -0.1) is 0 Å². The number of hydrogen-bond acceptors (Lipinski definition) is 4. The number of unbranched alkanes of at least 4 members (excludes halogenated alkanes) is 1. The van der Waals surface area contributed by atoms with Gasteiger partial charge in [-0.05, 0) is 20.3 Å². The van der Waals surface area contributed by atoms with Crippen molar-refractivity contribution in [3.63, 3.8) is 0 Å². The summed E-state index contributed by atoms with van der Waals surface area (Å²) in [6.07, 6.45) is 2.08. The largest absolute Gasteiger partial charge is 0.411 e. The van der Waals surface area contributed by atoms with Gasteiger partial charge in [0.2, 0.25) is 0 Å². The first-order chi connectivity index (χ1) is 5.72. The Bertz CT molecular complexity index is 176. The molecule has 4 heteroatoms. The fourth-order valence-electron chi connectivity index (χ4n) is 0.490. The number of hydrogen-bond donors (Lipinski definition) is 1. The lowest BCUT2D eigenvalue weighted by molar-refractivity contribution is 0.141. The molecule has 0 aromatic heterocycles. The monoisotopic (exact) mass is 172 g/mol. The first-order valence-corrected chi connectivity index (χ1v) is 4.08. The molecule has 12 heavy (non-hydrogen) atoms. The van der Waals surface area contributed by atoms with E-state index in [2.05, 4.69) is 17.2 Å². The van der Waals surface area contributed by atoms with Gasteiger partial charge in [-0.25, -0.2) is 0 Å². The van der Waals surface area contributed by atoms with E-state index in [1.165, 1.54) is 0 Å². The molecular formula is C8H16N2O2. The lowest BCUT2D eigenvalue weighted by Gasteiger charge is -1.98. The predicted octanol–water partition coefficient (Wildman–Crippen LogP) is 2.03. The number of rotatable bonds is 5. The van der Waals surface area contributed by atoms with Crippen molar-refractivity contribution < 1.29 is 10.0 Å². The van der Waals surface area contributed by atoms with E-state index in [1.54, 1.807) is 13.8 Å². The topological polar surface area (TPSA) is 54.2 Å². The smallest absolute Gasteiger partial charge is 0.117 e. The fourth-order valence-corrected chi connectivity index (χ4v) is 0.490. The molecule has 0 bridgehead atoms. The Labute approximate surface area is 72.9 Å². The van der Waals surface area contributed by atoms with Gasteiger partial charge >= 0.3 is 0 Å². The van der Waals surface area contributed by atoms with E-state index in [1.807, 2.05) is 0 Å². The van der Waals surface area contributed by atoms with Crippen LogP contribution in [0.25, 0.3) is 0 Å². The average Bonchev–Trinajstić information content (AvgIpc) is 2.10. The summed E-state index contributed by atoms with van der Waals surface area (Å²) in [6.45, 7) is 6.11. The van der Waals surface area contributed by atoms with Gasteiger partial charge in [-0.2, -0.15) is 0 Å². The van der Waals surface area contributed by atoms with Gasteiger partial charge in [0.15, 0.2) is 0 Å². The summed E-state index contributed by atoms with van der Waals surface area (Å²) in [5.41, 5.74) is 1.08. The molecule has 0 heterocycles. The Balaban J connectivity index is 3.69. The molecule has 0 fully saturated rings. The Kier molecular flexibility index (Phi) is 6.05. The highest BCUT2D eigenvalue weighted by molar-refractivity contribution is 6.40. The SMILES string of the molecule is CCCCO/N=C(C)/C(C)=N/O. The fraction of sp³-hybridized carbons (Fsp3) is 0.750. The number of oxime groups is 2. The summed E-state index contributed by atoms with van der Waals surface area (Å²) in [4.78, 5) is 4.95. The highest BCUT2D eigenvalue weighted by Gasteiger charge is 1.96. The third-order valence-corrected chi connectivity index (χ3v) is 1.46. The molecule has 0 saturated heterocycles. The van der Waals surface area contributed by atoms with Gasteiger partial charge in [0.05, 0.1) is 0 Å². The molecule has 0 saturated carbocycles. The zero-order valence-electron chi connectivity index (χ0n) is 7.87. The molecule has 0 radical (unpaired) electrons. The van der Waals surface area contributed by atoms with Gasteiger partial charge in [0.1, 0.15) is 18.0 Å². The second kappa shape index (κ2) is 6.64. The number of nitrogens with zero attached hydrogens (tertiary/aromatic N) is 2. The summed E-state index contributed by atoms with van der Waals surface area (Å²) in [5.74, 6) is 0. The van der Waals surface area contributed by atoms with Gasteiger partial charge in [0, 0.05) is 0 Å². The molecule has 0 amide bonds. The second-order valence-electron chi connectivity index (χ2n) is 2.55. The molecule has 0 aliphatic rings. The van der Waals surface area contributed by atoms with Crippen LogP contribution >= 0.6 is 0 Å². The second-order valence-corrected chi connectivity index (χ2v) is 2.55. The molecular weight excluding hydrogens is 156 g/mol. The zero-order valence-corrected chi connectivity index (χ0v) is 7.87. The molecule has 0 aliphatic carbocycles. The van der Waals surface area contributed by atoms with Crippen LogP contribution in [0.5, 0.6) is 0 Å². The molecule has 70 valence electrons. The van der Waals surface area contributed by atoms with Crippen molar-refractivity contribution in [1.29, 1.82) is 0 Å². The quantitative estimate of drug-likeness (QED) is 0.298. The highest BCUT2D eigenvalue weighted by Crippen LogP contribution is 1.90. The third kappa shape index (κ3) is 4.71. The molecule has 4 nitrogen and oxygen atoms in total. The molecule has 0 aromatic rings. The van der Waals surface area contributed by atoms with Gasteiger partial charge in [-0.1, -0.05) is 23.7 Å². The molecule has 0 aliphatic heterocycles. The Hall–Kier alpha value is -1.06. The maximum atomic E-state index is 8.36. The minimum absolute atomic E-state index is 0.478. The van der Waals surface area contributed by atoms with Crippen molar-refractivity contribution in [3.05, 3.63) is 0 Å². The van der Waals surface area contributed by atoms with Crippen LogP contribution in [0.3, 0.4) is 0 Å². The van der Waals surface area contributed by atoms with E-state index in [9.17, 15) is 0 Å². The van der Waals surface area contributed by atoms with Crippen LogP contribution in [0.4, 0.5) is 0 Å². The molecule has 0 aromatic carbocycles. The summed E-state index contributed by atoms with van der Waals surface area (Å²) < 4.78 is 0. The first kappa shape index (κ1) is 10.9. The van der Waals surface area contributed by atoms with E-state index in [4.69, 9.17) is 10.0 Å². The Morgan fingerprint density at radius 2 is 2.00 bits per heavy atom. The summed E-state index contributed by atoms with van der Waals surface area (Å²) in [6, 6.07) is 0. The van der Waals surface area contributed by atoms with Gasteiger partial charge < -0.3 is 10.0 Å². The van der Waals surface area contributed by atoms with E-state index in [0.29, 0.717) is 18.0 Å². The highest BCUT2D eigenvalue weighted by atomic mass is 16.6.